The van der Waals surface area contributed by atoms with Gasteiger partial charge in [0.05, 0.1) is 0 Å². The highest BCUT2D eigenvalue weighted by Crippen LogP contribution is 2.23. The van der Waals surface area contributed by atoms with Gasteiger partial charge in [0.1, 0.15) is 0 Å². The van der Waals surface area contributed by atoms with Crippen LogP contribution in [0.1, 0.15) is 46.1 Å². The van der Waals surface area contributed by atoms with Crippen LogP contribution in [-0.4, -0.2) is 36.1 Å². The van der Waals surface area contributed by atoms with Crippen LogP contribution in [0.5, 0.6) is 0 Å². The third kappa shape index (κ3) is 4.55. The van der Waals surface area contributed by atoms with E-state index in [9.17, 15) is 0 Å². The Morgan fingerprint density at radius 1 is 1.19 bits per heavy atom. The number of nitrogens with zero attached hydrogens (tertiary/aromatic N) is 1. The highest BCUT2D eigenvalue weighted by Gasteiger charge is 2.34. The molecule has 0 radical (unpaired) electrons. The van der Waals surface area contributed by atoms with Gasteiger partial charge in [0.25, 0.3) is 0 Å². The SMILES string of the molecule is CCC(CC)CN1CC(Cc2ccccc2)NCC1(C)C. The molecule has 1 fully saturated rings. The number of nitrogens with one attached hydrogen (secondary N) is 1. The molecule has 2 nitrogen and oxygen atoms in total. The zero-order valence-electron chi connectivity index (χ0n) is 14.2. The van der Waals surface area contributed by atoms with Crippen LogP contribution < -0.4 is 5.32 Å². The van der Waals surface area contributed by atoms with Crippen molar-refractivity contribution in [3.8, 4) is 0 Å². The van der Waals surface area contributed by atoms with Crippen LogP contribution in [0.4, 0.5) is 0 Å². The molecule has 1 aliphatic heterocycles. The standard InChI is InChI=1S/C19H32N2/c1-5-16(6-2)13-21-14-18(20-15-19(21,3)4)12-17-10-8-7-9-11-17/h7-11,16,18,20H,5-6,12-15H2,1-4H3. The third-order valence-electron chi connectivity index (χ3n) is 5.08. The van der Waals surface area contributed by atoms with E-state index in [1.165, 1.54) is 31.5 Å². The minimum atomic E-state index is 0.274. The first-order chi connectivity index (χ1) is 10.0. The van der Waals surface area contributed by atoms with Gasteiger partial charge in [-0.05, 0) is 31.7 Å². The Morgan fingerprint density at radius 2 is 1.86 bits per heavy atom. The fourth-order valence-electron chi connectivity index (χ4n) is 3.30. The predicted octanol–water partition coefficient (Wildman–Crippen LogP) is 3.72. The lowest BCUT2D eigenvalue weighted by atomic mass is 9.92. The quantitative estimate of drug-likeness (QED) is 0.858. The first kappa shape index (κ1) is 16.5. The van der Waals surface area contributed by atoms with E-state index >= 15 is 0 Å². The third-order valence-corrected chi connectivity index (χ3v) is 5.08. The molecule has 0 aliphatic carbocycles. The zero-order chi connectivity index (χ0) is 15.3. The summed E-state index contributed by atoms with van der Waals surface area (Å²) in [5.41, 5.74) is 1.72. The maximum absolute atomic E-state index is 3.76. The minimum absolute atomic E-state index is 0.274. The number of rotatable bonds is 6. The fraction of sp³-hybridized carbons (Fsp3) is 0.684. The van der Waals surface area contributed by atoms with Crippen molar-refractivity contribution >= 4 is 0 Å². The molecule has 0 aromatic heterocycles. The summed E-state index contributed by atoms with van der Waals surface area (Å²) in [6.45, 7) is 12.9. The van der Waals surface area contributed by atoms with Crippen LogP contribution in [0.2, 0.25) is 0 Å². The van der Waals surface area contributed by atoms with Gasteiger partial charge >= 0.3 is 0 Å². The smallest absolute Gasteiger partial charge is 0.0278 e. The molecular weight excluding hydrogens is 256 g/mol. The molecule has 21 heavy (non-hydrogen) atoms. The topological polar surface area (TPSA) is 15.3 Å². The van der Waals surface area contributed by atoms with Crippen molar-refractivity contribution in [3.05, 3.63) is 35.9 Å². The summed E-state index contributed by atoms with van der Waals surface area (Å²) >= 11 is 0. The maximum Gasteiger partial charge on any atom is 0.0278 e. The molecule has 1 N–H and O–H groups in total. The van der Waals surface area contributed by atoms with Gasteiger partial charge in [-0.2, -0.15) is 0 Å². The van der Waals surface area contributed by atoms with E-state index in [4.69, 9.17) is 0 Å². The number of benzene rings is 1. The molecule has 1 atom stereocenters. The Hall–Kier alpha value is -0.860. The van der Waals surface area contributed by atoms with Crippen LogP contribution in [0.15, 0.2) is 30.3 Å². The molecule has 1 aromatic rings. The average Bonchev–Trinajstić information content (AvgIpc) is 2.49. The van der Waals surface area contributed by atoms with Gasteiger partial charge < -0.3 is 5.32 Å². The second-order valence-electron chi connectivity index (χ2n) is 7.17. The molecule has 1 aliphatic rings. The van der Waals surface area contributed by atoms with Crippen LogP contribution in [-0.2, 0) is 6.42 Å². The van der Waals surface area contributed by atoms with Gasteiger partial charge in [-0.3, -0.25) is 4.90 Å². The number of hydrogen-bond acceptors (Lipinski definition) is 2. The van der Waals surface area contributed by atoms with Gasteiger partial charge in [0.2, 0.25) is 0 Å². The first-order valence-corrected chi connectivity index (χ1v) is 8.57. The van der Waals surface area contributed by atoms with E-state index in [-0.39, 0.29) is 5.54 Å². The Kier molecular flexibility index (Phi) is 5.83. The van der Waals surface area contributed by atoms with Gasteiger partial charge in [0.15, 0.2) is 0 Å². The van der Waals surface area contributed by atoms with Crippen LogP contribution >= 0.6 is 0 Å². The molecule has 2 rings (SSSR count). The summed E-state index contributed by atoms with van der Waals surface area (Å²) in [5.74, 6) is 0.833. The largest absolute Gasteiger partial charge is 0.311 e. The van der Waals surface area contributed by atoms with Crippen LogP contribution in [0, 0.1) is 5.92 Å². The predicted molar refractivity (Wildman–Crippen MR) is 91.7 cm³/mol. The van der Waals surface area contributed by atoms with Crippen molar-refractivity contribution in [1.82, 2.24) is 10.2 Å². The summed E-state index contributed by atoms with van der Waals surface area (Å²) in [6.07, 6.45) is 3.72. The zero-order valence-corrected chi connectivity index (χ0v) is 14.2. The number of piperazine rings is 1. The van der Waals surface area contributed by atoms with Crippen LogP contribution in [0.25, 0.3) is 0 Å². The highest BCUT2D eigenvalue weighted by atomic mass is 15.3. The molecule has 0 bridgehead atoms. The lowest BCUT2D eigenvalue weighted by Gasteiger charge is -2.47. The molecule has 118 valence electrons. The van der Waals surface area contributed by atoms with E-state index in [2.05, 4.69) is 68.2 Å². The van der Waals surface area contributed by atoms with E-state index < -0.39 is 0 Å². The molecule has 1 unspecified atom stereocenters. The number of hydrogen-bond donors (Lipinski definition) is 1. The fourth-order valence-corrected chi connectivity index (χ4v) is 3.30. The van der Waals surface area contributed by atoms with Crippen molar-refractivity contribution in [2.75, 3.05) is 19.6 Å². The molecular formula is C19H32N2. The van der Waals surface area contributed by atoms with Crippen molar-refractivity contribution in [1.29, 1.82) is 0 Å². The first-order valence-electron chi connectivity index (χ1n) is 8.57. The van der Waals surface area contributed by atoms with Gasteiger partial charge in [-0.25, -0.2) is 0 Å². The summed E-state index contributed by atoms with van der Waals surface area (Å²) in [7, 11) is 0. The average molecular weight is 288 g/mol. The van der Waals surface area contributed by atoms with E-state index in [1.54, 1.807) is 0 Å². The molecule has 0 amide bonds. The van der Waals surface area contributed by atoms with Crippen molar-refractivity contribution < 1.29 is 0 Å². The summed E-state index contributed by atoms with van der Waals surface area (Å²) in [5, 5.41) is 3.76. The molecule has 0 spiro atoms. The molecule has 0 saturated carbocycles. The van der Waals surface area contributed by atoms with Crippen molar-refractivity contribution in [2.45, 2.75) is 58.5 Å². The molecule has 1 saturated heterocycles. The second-order valence-corrected chi connectivity index (χ2v) is 7.17. The minimum Gasteiger partial charge on any atom is -0.311 e. The van der Waals surface area contributed by atoms with E-state index in [1.807, 2.05) is 0 Å². The van der Waals surface area contributed by atoms with Gasteiger partial charge in [0, 0.05) is 31.2 Å². The Labute approximate surface area is 130 Å². The molecule has 1 heterocycles. The summed E-state index contributed by atoms with van der Waals surface area (Å²) in [4.78, 5) is 2.72. The van der Waals surface area contributed by atoms with E-state index in [0.29, 0.717) is 6.04 Å². The molecule has 1 aromatic carbocycles. The van der Waals surface area contributed by atoms with Crippen molar-refractivity contribution in [2.24, 2.45) is 5.92 Å². The summed E-state index contributed by atoms with van der Waals surface area (Å²) in [6, 6.07) is 11.4. The van der Waals surface area contributed by atoms with Crippen molar-refractivity contribution in [3.63, 3.8) is 0 Å². The van der Waals surface area contributed by atoms with Gasteiger partial charge in [-0.15, -0.1) is 0 Å². The molecule has 2 heteroatoms. The second kappa shape index (κ2) is 7.42. The Morgan fingerprint density at radius 3 is 2.48 bits per heavy atom. The highest BCUT2D eigenvalue weighted by molar-refractivity contribution is 5.16. The Bertz CT molecular complexity index is 409. The van der Waals surface area contributed by atoms with Crippen LogP contribution in [0.3, 0.4) is 0 Å². The monoisotopic (exact) mass is 288 g/mol. The Balaban J connectivity index is 1.98. The van der Waals surface area contributed by atoms with E-state index in [0.717, 1.165) is 18.9 Å². The normalized spacial score (nSPS) is 22.6. The van der Waals surface area contributed by atoms with Gasteiger partial charge in [-0.1, -0.05) is 57.0 Å². The maximum atomic E-state index is 3.76. The lowest BCUT2D eigenvalue weighted by molar-refractivity contribution is 0.0492. The summed E-state index contributed by atoms with van der Waals surface area (Å²) < 4.78 is 0. The lowest BCUT2D eigenvalue weighted by Crippen LogP contribution is -2.63.